The zero-order chi connectivity index (χ0) is 20.3. The lowest BCUT2D eigenvalue weighted by atomic mass is 9.97. The molecule has 0 spiro atoms. The van der Waals surface area contributed by atoms with E-state index in [4.69, 9.17) is 20.3 Å². The number of carboxylic acid groups (broad SMARTS) is 1. The minimum absolute atomic E-state index is 0.0445. The van der Waals surface area contributed by atoms with Gasteiger partial charge >= 0.3 is 17.9 Å². The second kappa shape index (κ2) is 7.86. The van der Waals surface area contributed by atoms with E-state index in [0.29, 0.717) is 5.56 Å². The maximum atomic E-state index is 12.2. The number of rotatable bonds is 5. The number of carbonyl (C=O) groups is 3. The van der Waals surface area contributed by atoms with E-state index < -0.39 is 34.8 Å². The first-order chi connectivity index (χ1) is 11.7. The summed E-state index contributed by atoms with van der Waals surface area (Å²) in [6.07, 6.45) is 0.0445. The third-order valence-corrected chi connectivity index (χ3v) is 3.41. The molecule has 0 amide bonds. The largest absolute Gasteiger partial charge is 0.480 e. The third-order valence-electron chi connectivity index (χ3n) is 3.41. The Hall–Kier alpha value is -2.41. The predicted molar refractivity (Wildman–Crippen MR) is 95.9 cm³/mol. The molecule has 0 aliphatic carbocycles. The molecule has 0 heterocycles. The number of carboxylic acids is 1. The molecule has 1 atom stereocenters. The van der Waals surface area contributed by atoms with Crippen LogP contribution in [0.1, 0.15) is 47.1 Å². The molecule has 0 saturated heterocycles. The van der Waals surface area contributed by atoms with E-state index in [1.54, 1.807) is 47.6 Å². The lowest BCUT2D eigenvalue weighted by Gasteiger charge is -2.21. The third kappa shape index (κ3) is 6.15. The van der Waals surface area contributed by atoms with Crippen LogP contribution in [-0.2, 0) is 20.8 Å². The number of ether oxygens (including phenoxy) is 2. The SMILES string of the molecule is CC(C)(C)C(=O)Oc1ccc(C[C@H](N)C(=O)O)cc1OC(=O)C(C)(C)C. The number of nitrogens with two attached hydrogens (primary N) is 1. The van der Waals surface area contributed by atoms with Crippen LogP contribution in [0, 0.1) is 10.8 Å². The fraction of sp³-hybridized carbons (Fsp3) is 0.526. The first-order valence-electron chi connectivity index (χ1n) is 8.27. The Balaban J connectivity index is 3.21. The minimum Gasteiger partial charge on any atom is -0.480 e. The molecular formula is C19H27NO6. The van der Waals surface area contributed by atoms with Gasteiger partial charge in [-0.3, -0.25) is 14.4 Å². The van der Waals surface area contributed by atoms with Crippen LogP contribution >= 0.6 is 0 Å². The Labute approximate surface area is 153 Å². The highest BCUT2D eigenvalue weighted by molar-refractivity contribution is 5.81. The molecule has 0 radical (unpaired) electrons. The van der Waals surface area contributed by atoms with Crippen molar-refractivity contribution in [1.82, 2.24) is 0 Å². The Morgan fingerprint density at radius 1 is 0.962 bits per heavy atom. The van der Waals surface area contributed by atoms with Crippen molar-refractivity contribution in [2.24, 2.45) is 16.6 Å². The van der Waals surface area contributed by atoms with E-state index in [-0.39, 0.29) is 17.9 Å². The van der Waals surface area contributed by atoms with Crippen molar-refractivity contribution < 1.29 is 29.0 Å². The van der Waals surface area contributed by atoms with E-state index in [1.165, 1.54) is 12.1 Å². The molecular weight excluding hydrogens is 338 g/mol. The zero-order valence-corrected chi connectivity index (χ0v) is 16.1. The van der Waals surface area contributed by atoms with Crippen molar-refractivity contribution >= 4 is 17.9 Å². The van der Waals surface area contributed by atoms with Gasteiger partial charge in [0.05, 0.1) is 10.8 Å². The van der Waals surface area contributed by atoms with Gasteiger partial charge in [-0.2, -0.15) is 0 Å². The monoisotopic (exact) mass is 365 g/mol. The van der Waals surface area contributed by atoms with Crippen molar-refractivity contribution in [3.8, 4) is 11.5 Å². The second-order valence-electron chi connectivity index (χ2n) is 8.21. The number of benzene rings is 1. The summed E-state index contributed by atoms with van der Waals surface area (Å²) in [5, 5.41) is 8.95. The van der Waals surface area contributed by atoms with Crippen LogP contribution in [0.5, 0.6) is 11.5 Å². The van der Waals surface area contributed by atoms with Crippen LogP contribution in [0.25, 0.3) is 0 Å². The van der Waals surface area contributed by atoms with Gasteiger partial charge in [-0.25, -0.2) is 0 Å². The van der Waals surface area contributed by atoms with Gasteiger partial charge in [-0.15, -0.1) is 0 Å². The first-order valence-corrected chi connectivity index (χ1v) is 8.27. The summed E-state index contributed by atoms with van der Waals surface area (Å²) in [5.74, 6) is -1.99. The van der Waals surface area contributed by atoms with Crippen LogP contribution in [0.3, 0.4) is 0 Å². The van der Waals surface area contributed by atoms with Gasteiger partial charge in [-0.1, -0.05) is 6.07 Å². The van der Waals surface area contributed by atoms with Gasteiger partial charge < -0.3 is 20.3 Å². The molecule has 7 nitrogen and oxygen atoms in total. The smallest absolute Gasteiger partial charge is 0.320 e. The predicted octanol–water partition coefficient (Wildman–Crippen LogP) is 2.54. The Morgan fingerprint density at radius 2 is 1.42 bits per heavy atom. The second-order valence-corrected chi connectivity index (χ2v) is 8.21. The molecule has 0 aliphatic rings. The average Bonchev–Trinajstić information content (AvgIpc) is 2.47. The zero-order valence-electron chi connectivity index (χ0n) is 16.1. The van der Waals surface area contributed by atoms with Crippen molar-refractivity contribution in [3.63, 3.8) is 0 Å². The van der Waals surface area contributed by atoms with Crippen molar-refractivity contribution in [3.05, 3.63) is 23.8 Å². The molecule has 0 bridgehead atoms. The van der Waals surface area contributed by atoms with E-state index in [1.807, 2.05) is 0 Å². The van der Waals surface area contributed by atoms with Crippen LogP contribution in [0.15, 0.2) is 18.2 Å². The summed E-state index contributed by atoms with van der Waals surface area (Å²) in [6, 6.07) is 3.43. The molecule has 1 rings (SSSR count). The minimum atomic E-state index is -1.14. The molecule has 0 unspecified atom stereocenters. The maximum absolute atomic E-state index is 12.2. The Kier molecular flexibility index (Phi) is 6.54. The van der Waals surface area contributed by atoms with E-state index in [2.05, 4.69) is 0 Å². The number of hydrogen-bond acceptors (Lipinski definition) is 6. The number of aliphatic carboxylic acids is 1. The molecule has 0 aliphatic heterocycles. The number of carbonyl (C=O) groups excluding carboxylic acids is 2. The Morgan fingerprint density at radius 3 is 1.85 bits per heavy atom. The Bertz CT molecular complexity index is 697. The van der Waals surface area contributed by atoms with Gasteiger partial charge in [0.25, 0.3) is 0 Å². The quantitative estimate of drug-likeness (QED) is 0.608. The molecule has 0 fully saturated rings. The first kappa shape index (κ1) is 21.6. The fourth-order valence-electron chi connectivity index (χ4n) is 1.69. The van der Waals surface area contributed by atoms with E-state index in [9.17, 15) is 14.4 Å². The topological polar surface area (TPSA) is 116 Å². The summed E-state index contributed by atoms with van der Waals surface area (Å²) in [4.78, 5) is 35.3. The standard InChI is InChI=1S/C19H27NO6/c1-18(2,3)16(23)25-13-8-7-11(9-12(20)15(21)22)10-14(13)26-17(24)19(4,5)6/h7-8,10,12H,9,20H2,1-6H3,(H,21,22)/t12-/m0/s1. The van der Waals surface area contributed by atoms with Gasteiger partial charge in [0, 0.05) is 0 Å². The summed E-state index contributed by atoms with van der Waals surface area (Å²) >= 11 is 0. The average molecular weight is 365 g/mol. The number of hydrogen-bond donors (Lipinski definition) is 2. The van der Waals surface area contributed by atoms with Crippen LogP contribution in [-0.4, -0.2) is 29.1 Å². The van der Waals surface area contributed by atoms with E-state index >= 15 is 0 Å². The molecule has 0 aromatic heterocycles. The van der Waals surface area contributed by atoms with Crippen LogP contribution in [0.4, 0.5) is 0 Å². The van der Waals surface area contributed by atoms with Gasteiger partial charge in [-0.05, 0) is 65.7 Å². The van der Waals surface area contributed by atoms with Crippen LogP contribution in [0.2, 0.25) is 0 Å². The lowest BCUT2D eigenvalue weighted by molar-refractivity contribution is -0.145. The lowest BCUT2D eigenvalue weighted by Crippen LogP contribution is -2.32. The molecule has 0 saturated carbocycles. The summed E-state index contributed by atoms with van der Waals surface area (Å²) in [7, 11) is 0. The van der Waals surface area contributed by atoms with Crippen molar-refractivity contribution in [2.45, 2.75) is 54.0 Å². The highest BCUT2D eigenvalue weighted by atomic mass is 16.6. The van der Waals surface area contributed by atoms with E-state index in [0.717, 1.165) is 0 Å². The number of esters is 2. The normalized spacial score (nSPS) is 13.0. The molecule has 1 aromatic carbocycles. The van der Waals surface area contributed by atoms with Gasteiger partial charge in [0.15, 0.2) is 11.5 Å². The van der Waals surface area contributed by atoms with Crippen molar-refractivity contribution in [1.29, 1.82) is 0 Å². The highest BCUT2D eigenvalue weighted by Gasteiger charge is 2.28. The highest BCUT2D eigenvalue weighted by Crippen LogP contribution is 2.32. The molecule has 26 heavy (non-hydrogen) atoms. The maximum Gasteiger partial charge on any atom is 0.320 e. The molecule has 3 N–H and O–H groups in total. The van der Waals surface area contributed by atoms with Gasteiger partial charge in [0.2, 0.25) is 0 Å². The summed E-state index contributed by atoms with van der Waals surface area (Å²) in [6.45, 7) is 10.2. The van der Waals surface area contributed by atoms with Crippen LogP contribution < -0.4 is 15.2 Å². The van der Waals surface area contributed by atoms with Crippen molar-refractivity contribution in [2.75, 3.05) is 0 Å². The fourth-order valence-corrected chi connectivity index (χ4v) is 1.69. The molecule has 7 heteroatoms. The summed E-state index contributed by atoms with van der Waals surface area (Å²) in [5.41, 5.74) is 4.60. The molecule has 144 valence electrons. The molecule has 1 aromatic rings. The van der Waals surface area contributed by atoms with Gasteiger partial charge in [0.1, 0.15) is 6.04 Å². The summed E-state index contributed by atoms with van der Waals surface area (Å²) < 4.78 is 10.8.